The molecule has 146 valence electrons. The first-order valence-electron chi connectivity index (χ1n) is 9.66. The van der Waals surface area contributed by atoms with E-state index < -0.39 is 0 Å². The van der Waals surface area contributed by atoms with Gasteiger partial charge in [0.1, 0.15) is 6.33 Å². The lowest BCUT2D eigenvalue weighted by molar-refractivity contribution is 0.0526. The van der Waals surface area contributed by atoms with Crippen molar-refractivity contribution in [2.75, 3.05) is 55.8 Å². The molecule has 9 heteroatoms. The van der Waals surface area contributed by atoms with Gasteiger partial charge < -0.3 is 19.3 Å². The van der Waals surface area contributed by atoms with Gasteiger partial charge in [-0.3, -0.25) is 4.57 Å². The molecule has 0 N–H and O–H groups in total. The molecule has 28 heavy (non-hydrogen) atoms. The number of anilines is 2. The predicted molar refractivity (Wildman–Crippen MR) is 105 cm³/mol. The molecule has 2 aliphatic heterocycles. The van der Waals surface area contributed by atoms with Gasteiger partial charge in [0.25, 0.3) is 0 Å². The maximum Gasteiger partial charge on any atom is 0.242 e. The number of hydrogen-bond acceptors (Lipinski definition) is 8. The van der Waals surface area contributed by atoms with E-state index >= 15 is 0 Å². The van der Waals surface area contributed by atoms with E-state index in [0.29, 0.717) is 37.7 Å². The summed E-state index contributed by atoms with van der Waals surface area (Å²) in [5.41, 5.74) is 1.89. The molecule has 0 radical (unpaired) electrons. The molecule has 1 unspecified atom stereocenters. The van der Waals surface area contributed by atoms with E-state index in [1.165, 1.54) is 0 Å². The van der Waals surface area contributed by atoms with Crippen molar-refractivity contribution in [2.24, 2.45) is 0 Å². The highest BCUT2D eigenvalue weighted by Crippen LogP contribution is 2.22. The molecule has 9 nitrogen and oxygen atoms in total. The van der Waals surface area contributed by atoms with Crippen molar-refractivity contribution >= 4 is 22.9 Å². The zero-order chi connectivity index (χ0) is 18.9. The highest BCUT2D eigenvalue weighted by molar-refractivity contribution is 5.76. The van der Waals surface area contributed by atoms with Crippen molar-refractivity contribution in [1.82, 2.24) is 24.5 Å². The molecule has 0 amide bonds. The summed E-state index contributed by atoms with van der Waals surface area (Å²) in [6, 6.07) is 7.99. The van der Waals surface area contributed by atoms with Gasteiger partial charge in [0, 0.05) is 26.2 Å². The summed E-state index contributed by atoms with van der Waals surface area (Å²) >= 11 is 0. The Labute approximate surface area is 162 Å². The highest BCUT2D eigenvalue weighted by atomic mass is 16.5. The van der Waals surface area contributed by atoms with Crippen LogP contribution in [0.3, 0.4) is 0 Å². The molecule has 5 rings (SSSR count). The number of ether oxygens (including phenoxy) is 2. The summed E-state index contributed by atoms with van der Waals surface area (Å²) < 4.78 is 13.1. The number of imidazole rings is 1. The first kappa shape index (κ1) is 17.3. The van der Waals surface area contributed by atoms with Gasteiger partial charge in [0.15, 0.2) is 0 Å². The third-order valence-electron chi connectivity index (χ3n) is 5.09. The molecule has 2 aromatic heterocycles. The fraction of sp³-hybridized carbons (Fsp3) is 0.474. The van der Waals surface area contributed by atoms with Gasteiger partial charge in [-0.15, -0.1) is 0 Å². The zero-order valence-corrected chi connectivity index (χ0v) is 15.9. The van der Waals surface area contributed by atoms with Crippen LogP contribution in [0.4, 0.5) is 11.9 Å². The molecular weight excluding hydrogens is 358 g/mol. The topological polar surface area (TPSA) is 81.4 Å². The minimum atomic E-state index is 0.148. The Morgan fingerprint density at radius 3 is 2.43 bits per heavy atom. The van der Waals surface area contributed by atoms with E-state index in [9.17, 15) is 0 Å². The molecule has 3 aromatic rings. The Balaban J connectivity index is 1.60. The van der Waals surface area contributed by atoms with Crippen LogP contribution >= 0.6 is 0 Å². The Kier molecular flexibility index (Phi) is 4.53. The van der Waals surface area contributed by atoms with E-state index in [0.717, 1.165) is 37.2 Å². The maximum atomic E-state index is 5.68. The van der Waals surface area contributed by atoms with Crippen molar-refractivity contribution in [2.45, 2.75) is 13.0 Å². The zero-order valence-electron chi connectivity index (χ0n) is 15.9. The molecule has 2 aliphatic rings. The summed E-state index contributed by atoms with van der Waals surface area (Å²) in [4.78, 5) is 23.2. The number of morpholine rings is 2. The number of nitrogens with zero attached hydrogens (tertiary/aromatic N) is 7. The summed E-state index contributed by atoms with van der Waals surface area (Å²) in [7, 11) is 0. The number of para-hydroxylation sites is 2. The van der Waals surface area contributed by atoms with E-state index in [-0.39, 0.29) is 6.10 Å². The van der Waals surface area contributed by atoms with Crippen LogP contribution in [0.5, 0.6) is 0 Å². The molecule has 2 fully saturated rings. The van der Waals surface area contributed by atoms with Crippen LogP contribution in [0, 0.1) is 0 Å². The Morgan fingerprint density at radius 1 is 0.893 bits per heavy atom. The van der Waals surface area contributed by atoms with Gasteiger partial charge in [-0.25, -0.2) is 4.98 Å². The largest absolute Gasteiger partial charge is 0.378 e. The van der Waals surface area contributed by atoms with Crippen molar-refractivity contribution in [3.8, 4) is 5.95 Å². The number of aromatic nitrogens is 5. The van der Waals surface area contributed by atoms with Gasteiger partial charge in [0.2, 0.25) is 17.8 Å². The summed E-state index contributed by atoms with van der Waals surface area (Å²) in [5.74, 6) is 1.94. The molecule has 0 bridgehead atoms. The number of benzene rings is 1. The molecule has 2 saturated heterocycles. The van der Waals surface area contributed by atoms with Crippen LogP contribution in [0.2, 0.25) is 0 Å². The number of hydrogen-bond donors (Lipinski definition) is 0. The van der Waals surface area contributed by atoms with E-state index in [1.807, 2.05) is 28.8 Å². The predicted octanol–water partition coefficient (Wildman–Crippen LogP) is 1.27. The molecule has 0 aliphatic carbocycles. The van der Waals surface area contributed by atoms with E-state index in [2.05, 4.69) is 21.7 Å². The standard InChI is InChI=1S/C19H23N7O2/c1-14-12-25(8-11-28-14)18-21-17(24-6-9-27-10-7-24)22-19(23-18)26-13-20-15-4-2-3-5-16(15)26/h2-5,13-14H,6-12H2,1H3. The van der Waals surface area contributed by atoms with Crippen molar-refractivity contribution < 1.29 is 9.47 Å². The third-order valence-corrected chi connectivity index (χ3v) is 5.09. The lowest BCUT2D eigenvalue weighted by Gasteiger charge is -2.32. The van der Waals surface area contributed by atoms with Crippen LogP contribution in [0.25, 0.3) is 17.0 Å². The second-order valence-electron chi connectivity index (χ2n) is 7.07. The summed E-state index contributed by atoms with van der Waals surface area (Å²) in [6.07, 6.45) is 1.92. The molecule has 0 saturated carbocycles. The van der Waals surface area contributed by atoms with Gasteiger partial charge in [-0.2, -0.15) is 15.0 Å². The molecule has 4 heterocycles. The van der Waals surface area contributed by atoms with Gasteiger partial charge >= 0.3 is 0 Å². The molecule has 0 spiro atoms. The van der Waals surface area contributed by atoms with Crippen LogP contribution in [-0.2, 0) is 9.47 Å². The second kappa shape index (κ2) is 7.33. The van der Waals surface area contributed by atoms with Crippen LogP contribution < -0.4 is 9.80 Å². The van der Waals surface area contributed by atoms with Gasteiger partial charge in [-0.1, -0.05) is 12.1 Å². The number of fused-ring (bicyclic) bond motifs is 1. The van der Waals surface area contributed by atoms with Gasteiger partial charge in [0.05, 0.1) is 37.0 Å². The average molecular weight is 381 g/mol. The monoisotopic (exact) mass is 381 g/mol. The first-order chi connectivity index (χ1) is 13.8. The normalized spacial score (nSPS) is 20.7. The number of rotatable bonds is 3. The SMILES string of the molecule is CC1CN(c2nc(N3CCOCC3)nc(-n3cnc4ccccc43)n2)CCO1. The van der Waals surface area contributed by atoms with Gasteiger partial charge in [-0.05, 0) is 19.1 Å². The highest BCUT2D eigenvalue weighted by Gasteiger charge is 2.23. The minimum absolute atomic E-state index is 0.148. The quantitative estimate of drug-likeness (QED) is 0.671. The van der Waals surface area contributed by atoms with E-state index in [1.54, 1.807) is 6.33 Å². The van der Waals surface area contributed by atoms with Crippen LogP contribution in [0.15, 0.2) is 30.6 Å². The van der Waals surface area contributed by atoms with Crippen LogP contribution in [0.1, 0.15) is 6.92 Å². The van der Waals surface area contributed by atoms with E-state index in [4.69, 9.17) is 24.4 Å². The minimum Gasteiger partial charge on any atom is -0.378 e. The van der Waals surface area contributed by atoms with Crippen LogP contribution in [-0.4, -0.2) is 76.6 Å². The summed E-state index contributed by atoms with van der Waals surface area (Å²) in [5, 5.41) is 0. The molecule has 1 atom stereocenters. The molecular formula is C19H23N7O2. The lowest BCUT2D eigenvalue weighted by atomic mass is 10.3. The Morgan fingerprint density at radius 2 is 1.61 bits per heavy atom. The Hall–Kier alpha value is -2.78. The van der Waals surface area contributed by atoms with Crippen molar-refractivity contribution in [3.05, 3.63) is 30.6 Å². The fourth-order valence-corrected chi connectivity index (χ4v) is 3.62. The maximum absolute atomic E-state index is 5.68. The second-order valence-corrected chi connectivity index (χ2v) is 7.07. The summed E-state index contributed by atoms with van der Waals surface area (Å²) in [6.45, 7) is 7.17. The Bertz CT molecular complexity index is 970. The molecule has 1 aromatic carbocycles. The fourth-order valence-electron chi connectivity index (χ4n) is 3.62. The first-order valence-corrected chi connectivity index (χ1v) is 9.66. The third kappa shape index (κ3) is 3.27. The van der Waals surface area contributed by atoms with Crippen molar-refractivity contribution in [1.29, 1.82) is 0 Å². The average Bonchev–Trinajstić information content (AvgIpc) is 3.18. The van der Waals surface area contributed by atoms with Crippen molar-refractivity contribution in [3.63, 3.8) is 0 Å². The smallest absolute Gasteiger partial charge is 0.242 e. The lowest BCUT2D eigenvalue weighted by Crippen LogP contribution is -2.43.